The predicted molar refractivity (Wildman–Crippen MR) is 143 cm³/mol. The van der Waals surface area contributed by atoms with Gasteiger partial charge in [0.15, 0.2) is 0 Å². The second-order valence-corrected chi connectivity index (χ2v) is 9.39. The average molecular weight is 483 g/mol. The van der Waals surface area contributed by atoms with Crippen LogP contribution in [-0.4, -0.2) is 70.0 Å². The minimum Gasteiger partial charge on any atom is -0.382 e. The number of aromatic nitrogens is 4. The van der Waals surface area contributed by atoms with E-state index < -0.39 is 0 Å². The van der Waals surface area contributed by atoms with Gasteiger partial charge in [-0.2, -0.15) is 0 Å². The molecule has 0 saturated carbocycles. The first-order chi connectivity index (χ1) is 17.4. The summed E-state index contributed by atoms with van der Waals surface area (Å²) in [6.45, 7) is 7.91. The molecule has 1 aliphatic rings. The fourth-order valence-electron chi connectivity index (χ4n) is 4.22. The molecule has 0 bridgehead atoms. The van der Waals surface area contributed by atoms with Gasteiger partial charge in [-0.3, -0.25) is 14.8 Å². The Bertz CT molecular complexity index is 1380. The molecule has 1 amide bonds. The van der Waals surface area contributed by atoms with Crippen LogP contribution in [0.5, 0.6) is 0 Å². The van der Waals surface area contributed by atoms with Crippen LogP contribution in [-0.2, 0) is 0 Å². The van der Waals surface area contributed by atoms with Gasteiger partial charge in [-0.1, -0.05) is 0 Å². The van der Waals surface area contributed by atoms with E-state index in [0.717, 1.165) is 59.7 Å². The molecule has 36 heavy (non-hydrogen) atoms. The molecular weight excluding hydrogens is 452 g/mol. The second-order valence-electron chi connectivity index (χ2n) is 9.39. The number of nitrogens with one attached hydrogen (secondary N) is 2. The van der Waals surface area contributed by atoms with Crippen molar-refractivity contribution < 1.29 is 4.79 Å². The summed E-state index contributed by atoms with van der Waals surface area (Å²) in [5.74, 6) is 1.07. The summed E-state index contributed by atoms with van der Waals surface area (Å²) in [5, 5.41) is 7.18. The maximum Gasteiger partial charge on any atom is 0.257 e. The fourth-order valence-corrected chi connectivity index (χ4v) is 4.22. The van der Waals surface area contributed by atoms with Gasteiger partial charge in [0.25, 0.3) is 5.91 Å². The average Bonchev–Trinajstić information content (AvgIpc) is 2.88. The fraction of sp³-hybridized carbons (Fsp3) is 0.296. The Labute approximate surface area is 210 Å². The van der Waals surface area contributed by atoms with Gasteiger partial charge in [0.05, 0.1) is 17.4 Å². The Hall–Kier alpha value is -4.11. The van der Waals surface area contributed by atoms with Gasteiger partial charge in [0.1, 0.15) is 11.6 Å². The van der Waals surface area contributed by atoms with E-state index in [9.17, 15) is 4.79 Å². The lowest BCUT2D eigenvalue weighted by molar-refractivity contribution is 0.102. The van der Waals surface area contributed by atoms with Gasteiger partial charge in [-0.25, -0.2) is 9.97 Å². The van der Waals surface area contributed by atoms with Gasteiger partial charge in [0.2, 0.25) is 0 Å². The van der Waals surface area contributed by atoms with Crippen molar-refractivity contribution in [3.63, 3.8) is 0 Å². The zero-order chi connectivity index (χ0) is 25.1. The Morgan fingerprint density at radius 2 is 1.72 bits per heavy atom. The number of likely N-dealkylation sites (N-methyl/N-ethyl adjacent to an activating group) is 1. The third kappa shape index (κ3) is 5.41. The standard InChI is InChI=1S/C27H30N8O/c1-18(2)32-23-11-22(14-28-16-23)21-10-20-12-25(31-17-24(20)30-15-21)33-27(36)19-4-5-29-26(13-19)35-8-6-34(3)7-9-35/h4-5,10-18,32H,6-9H2,1-3H3,(H,31,33,36). The van der Waals surface area contributed by atoms with Gasteiger partial charge in [-0.15, -0.1) is 0 Å². The SMILES string of the molecule is CC(C)Nc1cncc(-c2cnc3cnc(NC(=O)c4ccnc(N5CCN(C)CC5)c4)cc3c2)c1. The van der Waals surface area contributed by atoms with Crippen LogP contribution in [0.25, 0.3) is 22.0 Å². The quantitative estimate of drug-likeness (QED) is 0.427. The lowest BCUT2D eigenvalue weighted by Gasteiger charge is -2.33. The smallest absolute Gasteiger partial charge is 0.257 e. The van der Waals surface area contributed by atoms with E-state index in [0.29, 0.717) is 17.4 Å². The first kappa shape index (κ1) is 23.6. The molecule has 4 aromatic rings. The van der Waals surface area contributed by atoms with Crippen LogP contribution < -0.4 is 15.5 Å². The van der Waals surface area contributed by atoms with Crippen molar-refractivity contribution in [1.82, 2.24) is 24.8 Å². The molecule has 0 atom stereocenters. The van der Waals surface area contributed by atoms with Crippen molar-refractivity contribution in [2.75, 3.05) is 48.8 Å². The van der Waals surface area contributed by atoms with Crippen LogP contribution in [0.1, 0.15) is 24.2 Å². The Balaban J connectivity index is 1.35. The molecule has 1 aliphatic heterocycles. The molecule has 5 heterocycles. The van der Waals surface area contributed by atoms with Gasteiger partial charge < -0.3 is 20.4 Å². The van der Waals surface area contributed by atoms with Gasteiger partial charge in [0, 0.05) is 79.1 Å². The lowest BCUT2D eigenvalue weighted by Crippen LogP contribution is -2.44. The summed E-state index contributed by atoms with van der Waals surface area (Å²) in [6.07, 6.45) is 8.80. The third-order valence-electron chi connectivity index (χ3n) is 6.17. The molecule has 0 unspecified atom stereocenters. The summed E-state index contributed by atoms with van der Waals surface area (Å²) >= 11 is 0. The molecule has 1 fully saturated rings. The van der Waals surface area contributed by atoms with Crippen LogP contribution in [0.15, 0.2) is 61.3 Å². The number of fused-ring (bicyclic) bond motifs is 1. The van der Waals surface area contributed by atoms with Crippen LogP contribution >= 0.6 is 0 Å². The summed E-state index contributed by atoms with van der Waals surface area (Å²) in [4.78, 5) is 35.3. The second kappa shape index (κ2) is 10.2. The molecule has 184 valence electrons. The highest BCUT2D eigenvalue weighted by atomic mass is 16.1. The van der Waals surface area contributed by atoms with Gasteiger partial charge in [-0.05, 0) is 51.2 Å². The molecule has 9 heteroatoms. The molecule has 4 aromatic heterocycles. The van der Waals surface area contributed by atoms with E-state index in [1.165, 1.54) is 0 Å². The van der Waals surface area contributed by atoms with Crippen molar-refractivity contribution in [3.05, 3.63) is 66.9 Å². The number of rotatable bonds is 6. The summed E-state index contributed by atoms with van der Waals surface area (Å²) in [7, 11) is 2.11. The molecule has 0 spiro atoms. The first-order valence-electron chi connectivity index (χ1n) is 12.1. The number of carbonyl (C=O) groups excluding carboxylic acids is 1. The van der Waals surface area contributed by atoms with Crippen molar-refractivity contribution in [2.45, 2.75) is 19.9 Å². The number of anilines is 3. The number of pyridine rings is 4. The first-order valence-corrected chi connectivity index (χ1v) is 12.1. The number of hydrogen-bond donors (Lipinski definition) is 2. The Morgan fingerprint density at radius 1 is 0.917 bits per heavy atom. The minimum absolute atomic E-state index is 0.222. The highest BCUT2D eigenvalue weighted by molar-refractivity contribution is 6.04. The predicted octanol–water partition coefficient (Wildman–Crippen LogP) is 3.91. The largest absolute Gasteiger partial charge is 0.382 e. The molecular formula is C27H30N8O. The summed E-state index contributed by atoms with van der Waals surface area (Å²) in [5.41, 5.74) is 4.16. The zero-order valence-corrected chi connectivity index (χ0v) is 20.8. The number of hydrogen-bond acceptors (Lipinski definition) is 8. The molecule has 1 saturated heterocycles. The van der Waals surface area contributed by atoms with Crippen molar-refractivity contribution in [3.8, 4) is 11.1 Å². The van der Waals surface area contributed by atoms with Crippen LogP contribution in [0, 0.1) is 0 Å². The number of nitrogens with zero attached hydrogens (tertiary/aromatic N) is 6. The summed E-state index contributed by atoms with van der Waals surface area (Å²) < 4.78 is 0. The molecule has 0 aliphatic carbocycles. The maximum atomic E-state index is 13.0. The van der Waals surface area contributed by atoms with Crippen LogP contribution in [0.2, 0.25) is 0 Å². The number of carbonyl (C=O) groups is 1. The van der Waals surface area contributed by atoms with Crippen LogP contribution in [0.3, 0.4) is 0 Å². The van der Waals surface area contributed by atoms with E-state index in [1.54, 1.807) is 18.5 Å². The minimum atomic E-state index is -0.222. The van der Waals surface area contributed by atoms with E-state index in [4.69, 9.17) is 0 Å². The topological polar surface area (TPSA) is 99.2 Å². The Morgan fingerprint density at radius 3 is 2.53 bits per heavy atom. The number of piperazine rings is 1. The highest BCUT2D eigenvalue weighted by Crippen LogP contribution is 2.25. The van der Waals surface area contributed by atoms with E-state index in [2.05, 4.69) is 67.3 Å². The van der Waals surface area contributed by atoms with Crippen molar-refractivity contribution in [2.24, 2.45) is 0 Å². The zero-order valence-electron chi connectivity index (χ0n) is 20.8. The van der Waals surface area contributed by atoms with Crippen molar-refractivity contribution in [1.29, 1.82) is 0 Å². The number of amides is 1. The van der Waals surface area contributed by atoms with Gasteiger partial charge >= 0.3 is 0 Å². The van der Waals surface area contributed by atoms with E-state index in [-0.39, 0.29) is 5.91 Å². The summed E-state index contributed by atoms with van der Waals surface area (Å²) in [6, 6.07) is 9.81. The lowest BCUT2D eigenvalue weighted by atomic mass is 10.1. The van der Waals surface area contributed by atoms with Crippen molar-refractivity contribution >= 4 is 34.1 Å². The molecule has 5 rings (SSSR count). The highest BCUT2D eigenvalue weighted by Gasteiger charge is 2.17. The molecule has 0 aromatic carbocycles. The normalized spacial score (nSPS) is 14.3. The van der Waals surface area contributed by atoms with E-state index >= 15 is 0 Å². The monoisotopic (exact) mass is 482 g/mol. The van der Waals surface area contributed by atoms with Crippen LogP contribution in [0.4, 0.5) is 17.3 Å². The molecule has 0 radical (unpaired) electrons. The Kier molecular flexibility index (Phi) is 6.73. The molecule has 2 N–H and O–H groups in total. The molecule has 9 nitrogen and oxygen atoms in total. The van der Waals surface area contributed by atoms with E-state index in [1.807, 2.05) is 36.8 Å². The maximum absolute atomic E-state index is 13.0. The third-order valence-corrected chi connectivity index (χ3v) is 6.17.